The van der Waals surface area contributed by atoms with Crippen LogP contribution in [0.1, 0.15) is 6.92 Å². The monoisotopic (exact) mass is 455 g/mol. The van der Waals surface area contributed by atoms with Gasteiger partial charge in [0.2, 0.25) is 20.0 Å². The summed E-state index contributed by atoms with van der Waals surface area (Å²) in [5, 5.41) is 10.9. The van der Waals surface area contributed by atoms with Crippen LogP contribution < -0.4 is 4.74 Å². The molecule has 3 rings (SSSR count). The molecule has 0 spiro atoms. The third kappa shape index (κ3) is 4.46. The summed E-state index contributed by atoms with van der Waals surface area (Å²) in [6.45, 7) is 2.13. The summed E-state index contributed by atoms with van der Waals surface area (Å²) in [4.78, 5) is 10.2. The van der Waals surface area contributed by atoms with Crippen molar-refractivity contribution in [3.8, 4) is 5.75 Å². The fourth-order valence-corrected chi connectivity index (χ4v) is 5.97. The highest BCUT2D eigenvalue weighted by molar-refractivity contribution is 7.89. The fourth-order valence-electron chi connectivity index (χ4n) is 3.08. The Hall–Kier alpha value is -2.54. The molecule has 0 saturated carbocycles. The number of ether oxygens (including phenoxy) is 1. The van der Waals surface area contributed by atoms with E-state index in [1.54, 1.807) is 12.1 Å². The van der Waals surface area contributed by atoms with Gasteiger partial charge in [0.05, 0.1) is 21.3 Å². The fraction of sp³-hybridized carbons (Fsp3) is 0.333. The first-order valence-electron chi connectivity index (χ1n) is 9.14. The molecule has 2 aromatic rings. The van der Waals surface area contributed by atoms with Crippen LogP contribution in [0.5, 0.6) is 5.75 Å². The molecule has 0 aliphatic carbocycles. The normalized spacial score (nSPS) is 16.3. The Kier molecular flexibility index (Phi) is 6.41. The predicted molar refractivity (Wildman–Crippen MR) is 108 cm³/mol. The molecule has 0 unspecified atom stereocenters. The second-order valence-electron chi connectivity index (χ2n) is 6.47. The lowest BCUT2D eigenvalue weighted by molar-refractivity contribution is -0.385. The molecule has 10 nitrogen and oxygen atoms in total. The molecule has 0 radical (unpaired) electrons. The molecule has 0 atom stereocenters. The van der Waals surface area contributed by atoms with Crippen LogP contribution in [0.2, 0.25) is 0 Å². The van der Waals surface area contributed by atoms with Crippen LogP contribution in [-0.2, 0) is 20.0 Å². The molecule has 30 heavy (non-hydrogen) atoms. The van der Waals surface area contributed by atoms with E-state index in [-0.39, 0.29) is 41.7 Å². The number of benzene rings is 2. The zero-order valence-electron chi connectivity index (χ0n) is 16.2. The number of nitrogens with zero attached hydrogens (tertiary/aromatic N) is 3. The number of sulfonamides is 2. The van der Waals surface area contributed by atoms with Gasteiger partial charge in [-0.25, -0.2) is 16.8 Å². The Morgan fingerprint density at radius 3 is 1.93 bits per heavy atom. The van der Waals surface area contributed by atoms with Crippen LogP contribution in [-0.4, -0.2) is 63.2 Å². The van der Waals surface area contributed by atoms with E-state index in [0.717, 1.165) is 10.4 Å². The van der Waals surface area contributed by atoms with E-state index < -0.39 is 25.0 Å². The van der Waals surface area contributed by atoms with Crippen LogP contribution in [0, 0.1) is 10.1 Å². The maximum Gasteiger partial charge on any atom is 0.270 e. The Bertz CT molecular complexity index is 1120. The molecular weight excluding hydrogens is 434 g/mol. The summed E-state index contributed by atoms with van der Waals surface area (Å²) in [6.07, 6.45) is 0. The van der Waals surface area contributed by atoms with Gasteiger partial charge in [-0.3, -0.25) is 10.1 Å². The average molecular weight is 456 g/mol. The lowest BCUT2D eigenvalue weighted by Gasteiger charge is -2.33. The number of nitro benzene ring substituents is 1. The van der Waals surface area contributed by atoms with Crippen LogP contribution in [0.4, 0.5) is 5.69 Å². The summed E-state index contributed by atoms with van der Waals surface area (Å²) in [7, 11) is -7.75. The third-order valence-electron chi connectivity index (χ3n) is 4.64. The molecule has 1 aliphatic heterocycles. The Morgan fingerprint density at radius 1 is 0.900 bits per heavy atom. The zero-order valence-corrected chi connectivity index (χ0v) is 17.8. The van der Waals surface area contributed by atoms with Gasteiger partial charge in [-0.1, -0.05) is 6.07 Å². The summed E-state index contributed by atoms with van der Waals surface area (Å²) >= 11 is 0. The minimum Gasteiger partial charge on any atom is -0.494 e. The first-order valence-corrected chi connectivity index (χ1v) is 12.0. The van der Waals surface area contributed by atoms with Gasteiger partial charge in [0, 0.05) is 38.3 Å². The number of piperazine rings is 1. The van der Waals surface area contributed by atoms with Crippen molar-refractivity contribution in [2.24, 2.45) is 0 Å². The van der Waals surface area contributed by atoms with Crippen molar-refractivity contribution in [1.29, 1.82) is 0 Å². The minimum absolute atomic E-state index is 0.0241. The van der Waals surface area contributed by atoms with Crippen LogP contribution >= 0.6 is 0 Å². The number of non-ortho nitro benzene ring substituents is 1. The highest BCUT2D eigenvalue weighted by atomic mass is 32.2. The number of nitro groups is 1. The van der Waals surface area contributed by atoms with Crippen molar-refractivity contribution >= 4 is 25.7 Å². The Labute approximate surface area is 174 Å². The lowest BCUT2D eigenvalue weighted by Crippen LogP contribution is -2.50. The molecule has 1 fully saturated rings. The number of rotatable bonds is 7. The molecule has 0 amide bonds. The molecule has 0 bridgehead atoms. The van der Waals surface area contributed by atoms with Crippen LogP contribution in [0.3, 0.4) is 0 Å². The maximum absolute atomic E-state index is 12.8. The molecular formula is C18H21N3O7S2. The van der Waals surface area contributed by atoms with E-state index in [2.05, 4.69) is 0 Å². The van der Waals surface area contributed by atoms with Crippen LogP contribution in [0.25, 0.3) is 0 Å². The van der Waals surface area contributed by atoms with Crippen molar-refractivity contribution in [2.75, 3.05) is 32.8 Å². The van der Waals surface area contributed by atoms with Crippen molar-refractivity contribution in [3.05, 3.63) is 58.6 Å². The van der Waals surface area contributed by atoms with E-state index in [0.29, 0.717) is 12.4 Å². The van der Waals surface area contributed by atoms with Gasteiger partial charge in [-0.05, 0) is 37.3 Å². The van der Waals surface area contributed by atoms with E-state index in [1.165, 1.54) is 34.6 Å². The molecule has 0 aromatic heterocycles. The summed E-state index contributed by atoms with van der Waals surface area (Å²) in [5.41, 5.74) is -0.326. The average Bonchev–Trinajstić information content (AvgIpc) is 2.74. The predicted octanol–water partition coefficient (Wildman–Crippen LogP) is 1.69. The standard InChI is InChI=1S/C18H21N3O7S2/c1-2-28-16-6-8-17(9-7-16)29(24,25)19-10-12-20(13-11-19)30(26,27)18-5-3-4-15(14-18)21(22)23/h3-9,14H,2,10-13H2,1H3. The van der Waals surface area contributed by atoms with Gasteiger partial charge >= 0.3 is 0 Å². The first kappa shape index (κ1) is 22.2. The maximum atomic E-state index is 12.8. The smallest absolute Gasteiger partial charge is 0.270 e. The topological polar surface area (TPSA) is 127 Å². The highest BCUT2D eigenvalue weighted by Crippen LogP contribution is 2.25. The van der Waals surface area contributed by atoms with E-state index in [9.17, 15) is 26.9 Å². The van der Waals surface area contributed by atoms with Crippen molar-refractivity contribution in [1.82, 2.24) is 8.61 Å². The van der Waals surface area contributed by atoms with E-state index in [4.69, 9.17) is 4.74 Å². The molecule has 0 N–H and O–H groups in total. The Morgan fingerprint density at radius 2 is 1.43 bits per heavy atom. The molecule has 12 heteroatoms. The van der Waals surface area contributed by atoms with Gasteiger partial charge in [-0.15, -0.1) is 0 Å². The SMILES string of the molecule is CCOc1ccc(S(=O)(=O)N2CCN(S(=O)(=O)c3cccc([N+](=O)[O-])c3)CC2)cc1. The van der Waals surface area contributed by atoms with Crippen molar-refractivity contribution in [3.63, 3.8) is 0 Å². The molecule has 162 valence electrons. The number of hydrogen-bond donors (Lipinski definition) is 0. The Balaban J connectivity index is 1.73. The molecule has 1 aliphatic rings. The molecule has 2 aromatic carbocycles. The van der Waals surface area contributed by atoms with Gasteiger partial charge < -0.3 is 4.74 Å². The summed E-state index contributed by atoms with van der Waals surface area (Å²) in [6, 6.07) is 10.8. The second-order valence-corrected chi connectivity index (χ2v) is 10.3. The van der Waals surface area contributed by atoms with Gasteiger partial charge in [0.15, 0.2) is 0 Å². The van der Waals surface area contributed by atoms with Gasteiger partial charge in [-0.2, -0.15) is 8.61 Å². The van der Waals surface area contributed by atoms with Gasteiger partial charge in [0.1, 0.15) is 5.75 Å². The number of hydrogen-bond acceptors (Lipinski definition) is 7. The largest absolute Gasteiger partial charge is 0.494 e. The van der Waals surface area contributed by atoms with E-state index >= 15 is 0 Å². The van der Waals surface area contributed by atoms with Crippen molar-refractivity contribution < 1.29 is 26.5 Å². The zero-order chi connectivity index (χ0) is 21.9. The lowest BCUT2D eigenvalue weighted by atomic mass is 10.3. The first-order chi connectivity index (χ1) is 14.2. The summed E-state index contributed by atoms with van der Waals surface area (Å²) in [5.74, 6) is 0.560. The molecule has 1 saturated heterocycles. The highest BCUT2D eigenvalue weighted by Gasteiger charge is 2.34. The minimum atomic E-state index is -3.97. The summed E-state index contributed by atoms with van der Waals surface area (Å²) < 4.78 is 59.0. The molecule has 1 heterocycles. The van der Waals surface area contributed by atoms with Crippen molar-refractivity contribution in [2.45, 2.75) is 16.7 Å². The quantitative estimate of drug-likeness (QED) is 0.459. The van der Waals surface area contributed by atoms with E-state index in [1.807, 2.05) is 6.92 Å². The second kappa shape index (κ2) is 8.68. The van der Waals surface area contributed by atoms with Gasteiger partial charge in [0.25, 0.3) is 5.69 Å². The third-order valence-corrected chi connectivity index (χ3v) is 8.44. The van der Waals surface area contributed by atoms with Crippen LogP contribution in [0.15, 0.2) is 58.3 Å².